The van der Waals surface area contributed by atoms with Crippen LogP contribution in [-0.4, -0.2) is 48.6 Å². The zero-order valence-corrected chi connectivity index (χ0v) is 17.0. The Kier molecular flexibility index (Phi) is 5.17. The van der Waals surface area contributed by atoms with Crippen LogP contribution in [0.1, 0.15) is 15.4 Å². The number of rotatable bonds is 5. The highest BCUT2D eigenvalue weighted by Crippen LogP contribution is 2.35. The number of carbonyl (C=O) groups is 1. The molecule has 0 bridgehead atoms. The van der Waals surface area contributed by atoms with E-state index in [-0.39, 0.29) is 5.78 Å². The number of pyridine rings is 1. The van der Waals surface area contributed by atoms with E-state index in [9.17, 15) is 4.79 Å². The van der Waals surface area contributed by atoms with Gasteiger partial charge in [-0.15, -0.1) is 0 Å². The first-order valence-corrected chi connectivity index (χ1v) is 10.6. The van der Waals surface area contributed by atoms with Gasteiger partial charge in [-0.1, -0.05) is 29.6 Å². The molecule has 0 atom stereocenters. The predicted octanol–water partition coefficient (Wildman–Crippen LogP) is 3.76. The molecule has 2 aliphatic rings. The first-order chi connectivity index (χ1) is 14.8. The number of hydrogen-bond acceptors (Lipinski definition) is 8. The van der Waals surface area contributed by atoms with Gasteiger partial charge in [0.25, 0.3) is 0 Å². The standard InChI is InChI=1S/C22H20N4O3S/c27-20(16-6-4-8-18(23-16)25-11-14-28-15-12-25)21-19(17-7-5-13-29-17)24-22(30-21)26-9-2-1-3-10-26/h1-9,13H,10-12,14-15H2. The molecule has 0 N–H and O–H groups in total. The number of allylic oxidation sites excluding steroid dienone is 2. The van der Waals surface area contributed by atoms with Gasteiger partial charge in [0.15, 0.2) is 10.9 Å². The van der Waals surface area contributed by atoms with Gasteiger partial charge in [0.2, 0.25) is 5.78 Å². The Morgan fingerprint density at radius 3 is 2.73 bits per heavy atom. The molecule has 0 radical (unpaired) electrons. The van der Waals surface area contributed by atoms with Gasteiger partial charge in [0.1, 0.15) is 22.1 Å². The number of ketones is 1. The number of hydrogen-bond donors (Lipinski definition) is 0. The summed E-state index contributed by atoms with van der Waals surface area (Å²) in [7, 11) is 0. The fraction of sp³-hybridized carbons (Fsp3) is 0.227. The molecule has 5 rings (SSSR count). The average molecular weight is 420 g/mol. The van der Waals surface area contributed by atoms with Crippen molar-refractivity contribution in [2.75, 3.05) is 42.6 Å². The fourth-order valence-corrected chi connectivity index (χ4v) is 4.42. The van der Waals surface area contributed by atoms with Crippen LogP contribution in [0.5, 0.6) is 0 Å². The zero-order valence-electron chi connectivity index (χ0n) is 16.2. The average Bonchev–Trinajstić information content (AvgIpc) is 3.50. The van der Waals surface area contributed by atoms with Gasteiger partial charge < -0.3 is 19.0 Å². The molecule has 0 aromatic carbocycles. The molecule has 2 aliphatic heterocycles. The Morgan fingerprint density at radius 2 is 1.97 bits per heavy atom. The molecular weight excluding hydrogens is 400 g/mol. The Balaban J connectivity index is 1.51. The number of carbonyl (C=O) groups excluding carboxylic acids is 1. The molecule has 1 saturated heterocycles. The van der Waals surface area contributed by atoms with Crippen LogP contribution in [0, 0.1) is 0 Å². The van der Waals surface area contributed by atoms with Crippen LogP contribution in [-0.2, 0) is 4.74 Å². The topological polar surface area (TPSA) is 71.7 Å². The highest BCUT2D eigenvalue weighted by Gasteiger charge is 2.25. The van der Waals surface area contributed by atoms with Crippen molar-refractivity contribution in [1.82, 2.24) is 9.97 Å². The summed E-state index contributed by atoms with van der Waals surface area (Å²) in [6, 6.07) is 9.17. The Labute approximate surface area is 177 Å². The van der Waals surface area contributed by atoms with E-state index in [2.05, 4.69) is 9.88 Å². The summed E-state index contributed by atoms with van der Waals surface area (Å²) >= 11 is 1.36. The fourth-order valence-electron chi connectivity index (χ4n) is 3.41. The van der Waals surface area contributed by atoms with Crippen molar-refractivity contribution < 1.29 is 13.9 Å². The number of morpholine rings is 1. The molecule has 3 aromatic heterocycles. The normalized spacial score (nSPS) is 16.3. The molecule has 0 amide bonds. The molecule has 8 heteroatoms. The zero-order chi connectivity index (χ0) is 20.3. The number of aromatic nitrogens is 2. The number of ether oxygens (including phenoxy) is 1. The van der Waals surface area contributed by atoms with Crippen molar-refractivity contribution in [2.45, 2.75) is 0 Å². The first-order valence-electron chi connectivity index (χ1n) is 9.79. The third kappa shape index (κ3) is 3.67. The quantitative estimate of drug-likeness (QED) is 0.582. The lowest BCUT2D eigenvalue weighted by Gasteiger charge is -2.27. The van der Waals surface area contributed by atoms with Crippen molar-refractivity contribution in [3.8, 4) is 11.5 Å². The van der Waals surface area contributed by atoms with E-state index >= 15 is 0 Å². The van der Waals surface area contributed by atoms with E-state index in [1.807, 2.05) is 47.5 Å². The molecule has 0 spiro atoms. The second-order valence-corrected chi connectivity index (χ2v) is 7.86. The minimum absolute atomic E-state index is 0.156. The van der Waals surface area contributed by atoms with E-state index in [0.29, 0.717) is 41.8 Å². The van der Waals surface area contributed by atoms with Gasteiger partial charge in [-0.25, -0.2) is 9.97 Å². The number of thiazole rings is 1. The summed E-state index contributed by atoms with van der Waals surface area (Å²) in [5, 5.41) is 0.745. The van der Waals surface area contributed by atoms with E-state index < -0.39 is 0 Å². The van der Waals surface area contributed by atoms with Crippen LogP contribution in [0.15, 0.2) is 65.4 Å². The van der Waals surface area contributed by atoms with Crippen LogP contribution in [0.3, 0.4) is 0 Å². The van der Waals surface area contributed by atoms with Crippen molar-refractivity contribution in [3.63, 3.8) is 0 Å². The lowest BCUT2D eigenvalue weighted by Crippen LogP contribution is -2.36. The molecule has 0 aliphatic carbocycles. The summed E-state index contributed by atoms with van der Waals surface area (Å²) in [6.45, 7) is 3.57. The van der Waals surface area contributed by atoms with E-state index in [1.165, 1.54) is 11.3 Å². The SMILES string of the molecule is O=C(c1cccc(N2CCOCC2)n1)c1sc(N2C=CC=CC2)nc1-c1ccco1. The first kappa shape index (κ1) is 18.8. The Hall–Kier alpha value is -3.23. The van der Waals surface area contributed by atoms with Gasteiger partial charge in [-0.05, 0) is 30.3 Å². The van der Waals surface area contributed by atoms with Gasteiger partial charge in [0.05, 0.1) is 19.5 Å². The molecule has 152 valence electrons. The number of nitrogens with zero attached hydrogens (tertiary/aromatic N) is 4. The van der Waals surface area contributed by atoms with Gasteiger partial charge in [-0.3, -0.25) is 4.79 Å². The summed E-state index contributed by atoms with van der Waals surface area (Å²) < 4.78 is 11.0. The van der Waals surface area contributed by atoms with Crippen molar-refractivity contribution in [1.29, 1.82) is 0 Å². The molecule has 30 heavy (non-hydrogen) atoms. The summed E-state index contributed by atoms with van der Waals surface area (Å²) in [4.78, 5) is 27.5. The molecule has 3 aromatic rings. The maximum atomic E-state index is 13.5. The highest BCUT2D eigenvalue weighted by atomic mass is 32.1. The third-order valence-corrected chi connectivity index (χ3v) is 6.03. The van der Waals surface area contributed by atoms with Crippen LogP contribution in [0.4, 0.5) is 10.9 Å². The second-order valence-electron chi connectivity index (χ2n) is 6.88. The monoisotopic (exact) mass is 420 g/mol. The maximum Gasteiger partial charge on any atom is 0.223 e. The second kappa shape index (κ2) is 8.25. The summed E-state index contributed by atoms with van der Waals surface area (Å²) in [5.74, 6) is 1.20. The maximum absolute atomic E-state index is 13.5. The minimum Gasteiger partial charge on any atom is -0.463 e. The third-order valence-electron chi connectivity index (χ3n) is 4.94. The van der Waals surface area contributed by atoms with E-state index in [1.54, 1.807) is 18.4 Å². The van der Waals surface area contributed by atoms with Crippen LogP contribution >= 0.6 is 11.3 Å². The lowest BCUT2D eigenvalue weighted by molar-refractivity contribution is 0.103. The molecule has 5 heterocycles. The van der Waals surface area contributed by atoms with Gasteiger partial charge in [-0.2, -0.15) is 0 Å². The largest absolute Gasteiger partial charge is 0.463 e. The van der Waals surface area contributed by atoms with Crippen LogP contribution in [0.25, 0.3) is 11.5 Å². The Morgan fingerprint density at radius 1 is 1.07 bits per heavy atom. The number of furan rings is 1. The number of anilines is 2. The van der Waals surface area contributed by atoms with Crippen molar-refractivity contribution >= 4 is 28.1 Å². The minimum atomic E-state index is -0.156. The van der Waals surface area contributed by atoms with Gasteiger partial charge in [0, 0.05) is 25.8 Å². The highest BCUT2D eigenvalue weighted by molar-refractivity contribution is 7.18. The van der Waals surface area contributed by atoms with Gasteiger partial charge >= 0.3 is 0 Å². The smallest absolute Gasteiger partial charge is 0.223 e. The van der Waals surface area contributed by atoms with Crippen molar-refractivity contribution in [2.24, 2.45) is 0 Å². The molecule has 1 fully saturated rings. The molecule has 0 saturated carbocycles. The molecular formula is C22H20N4O3S. The predicted molar refractivity (Wildman–Crippen MR) is 116 cm³/mol. The van der Waals surface area contributed by atoms with Crippen LogP contribution < -0.4 is 9.80 Å². The summed E-state index contributed by atoms with van der Waals surface area (Å²) in [6.07, 6.45) is 9.53. The van der Waals surface area contributed by atoms with E-state index in [0.717, 1.165) is 24.0 Å². The Bertz CT molecular complexity index is 1100. The molecule has 0 unspecified atom stereocenters. The van der Waals surface area contributed by atoms with E-state index in [4.69, 9.17) is 14.1 Å². The molecule has 7 nitrogen and oxygen atoms in total. The summed E-state index contributed by atoms with van der Waals surface area (Å²) in [5.41, 5.74) is 0.947. The van der Waals surface area contributed by atoms with Crippen molar-refractivity contribution in [3.05, 3.63) is 71.6 Å². The lowest BCUT2D eigenvalue weighted by atomic mass is 10.1. The van der Waals surface area contributed by atoms with Crippen LogP contribution in [0.2, 0.25) is 0 Å².